The molecule has 1 aromatic heterocycles. The summed E-state index contributed by atoms with van der Waals surface area (Å²) >= 11 is 17.9. The zero-order valence-electron chi connectivity index (χ0n) is 17.7. The Morgan fingerprint density at radius 2 is 1.66 bits per heavy atom. The van der Waals surface area contributed by atoms with E-state index in [1.165, 1.54) is 36.4 Å². The molecule has 35 heavy (non-hydrogen) atoms. The van der Waals surface area contributed by atoms with Gasteiger partial charge in [0.1, 0.15) is 29.6 Å². The number of nitro groups is 1. The Kier molecular flexibility index (Phi) is 7.45. The molecule has 0 aliphatic heterocycles. The molecular weight excluding hydrogens is 519 g/mol. The summed E-state index contributed by atoms with van der Waals surface area (Å²) in [5.74, 6) is 0.709. The lowest BCUT2D eigenvalue weighted by Crippen LogP contribution is -2.11. The summed E-state index contributed by atoms with van der Waals surface area (Å²) in [6.07, 6.45) is 0. The van der Waals surface area contributed by atoms with Gasteiger partial charge in [-0.05, 0) is 54.6 Å². The number of rotatable bonds is 8. The van der Waals surface area contributed by atoms with Crippen molar-refractivity contribution in [2.75, 3.05) is 5.32 Å². The lowest BCUT2D eigenvalue weighted by Gasteiger charge is -2.10. The molecule has 0 fully saturated rings. The van der Waals surface area contributed by atoms with E-state index in [1.807, 2.05) is 0 Å². The monoisotopic (exact) mass is 532 g/mol. The number of non-ortho nitro benzene ring substituents is 1. The van der Waals surface area contributed by atoms with Crippen molar-refractivity contribution >= 4 is 52.1 Å². The number of ether oxygens (including phenoxy) is 2. The van der Waals surface area contributed by atoms with E-state index in [4.69, 9.17) is 48.7 Å². The maximum absolute atomic E-state index is 12.7. The van der Waals surface area contributed by atoms with Gasteiger partial charge in [0, 0.05) is 22.2 Å². The van der Waals surface area contributed by atoms with E-state index >= 15 is 0 Å². The van der Waals surface area contributed by atoms with Crippen LogP contribution in [0.4, 0.5) is 11.4 Å². The summed E-state index contributed by atoms with van der Waals surface area (Å²) in [6, 6.07) is 18.2. The minimum Gasteiger partial charge on any atom is -0.486 e. The number of amides is 1. The van der Waals surface area contributed by atoms with Gasteiger partial charge < -0.3 is 19.2 Å². The van der Waals surface area contributed by atoms with Crippen LogP contribution in [0, 0.1) is 10.1 Å². The highest BCUT2D eigenvalue weighted by molar-refractivity contribution is 6.35. The zero-order chi connectivity index (χ0) is 24.9. The third kappa shape index (κ3) is 6.45. The van der Waals surface area contributed by atoms with Crippen molar-refractivity contribution in [2.45, 2.75) is 6.61 Å². The van der Waals surface area contributed by atoms with Crippen LogP contribution in [0.1, 0.15) is 16.3 Å². The molecule has 0 atom stereocenters. The molecule has 0 aliphatic rings. The number of nitrogens with one attached hydrogen (secondary N) is 1. The van der Waals surface area contributed by atoms with Gasteiger partial charge in [-0.2, -0.15) is 0 Å². The van der Waals surface area contributed by atoms with Crippen LogP contribution in [0.25, 0.3) is 0 Å². The third-order valence-electron chi connectivity index (χ3n) is 4.56. The lowest BCUT2D eigenvalue weighted by atomic mass is 10.2. The molecule has 0 radical (unpaired) electrons. The van der Waals surface area contributed by atoms with Gasteiger partial charge >= 0.3 is 0 Å². The SMILES string of the molecule is O=C(Nc1cc(Oc2ccc(Cl)cc2Cl)cc([N+](=O)[O-])c1)c1ccc(COc2ccc(Cl)cc2)o1. The highest BCUT2D eigenvalue weighted by Gasteiger charge is 2.17. The highest BCUT2D eigenvalue weighted by atomic mass is 35.5. The minimum absolute atomic E-state index is 0.00516. The number of carbonyl (C=O) groups is 1. The summed E-state index contributed by atoms with van der Waals surface area (Å²) in [7, 11) is 0. The average Bonchev–Trinajstić information content (AvgIpc) is 3.30. The number of furan rings is 1. The summed E-state index contributed by atoms with van der Waals surface area (Å²) < 4.78 is 16.8. The van der Waals surface area contributed by atoms with Crippen LogP contribution in [-0.4, -0.2) is 10.8 Å². The van der Waals surface area contributed by atoms with Crippen LogP contribution in [-0.2, 0) is 6.61 Å². The van der Waals surface area contributed by atoms with E-state index in [0.29, 0.717) is 21.6 Å². The van der Waals surface area contributed by atoms with Crippen LogP contribution < -0.4 is 14.8 Å². The minimum atomic E-state index is -0.612. The average molecular weight is 534 g/mol. The molecule has 0 aliphatic carbocycles. The molecule has 4 aromatic rings. The summed E-state index contributed by atoms with van der Waals surface area (Å²) in [5, 5.41) is 15.2. The first-order valence-electron chi connectivity index (χ1n) is 9.97. The predicted molar refractivity (Wildman–Crippen MR) is 132 cm³/mol. The fourth-order valence-electron chi connectivity index (χ4n) is 2.96. The third-order valence-corrected chi connectivity index (χ3v) is 5.34. The Morgan fingerprint density at radius 1 is 0.914 bits per heavy atom. The Morgan fingerprint density at radius 3 is 2.37 bits per heavy atom. The Labute approximate surface area is 214 Å². The molecular formula is C24H15Cl3N2O6. The molecule has 4 rings (SSSR count). The predicted octanol–water partition coefficient (Wildman–Crippen LogP) is 7.77. The number of benzene rings is 3. The molecule has 0 saturated carbocycles. The molecule has 3 aromatic carbocycles. The topological polar surface area (TPSA) is 104 Å². The van der Waals surface area contributed by atoms with Gasteiger partial charge in [0.15, 0.2) is 5.76 Å². The number of nitrogens with zero attached hydrogens (tertiary/aromatic N) is 1. The van der Waals surface area contributed by atoms with Crippen LogP contribution in [0.2, 0.25) is 15.1 Å². The molecule has 8 nitrogen and oxygen atoms in total. The molecule has 0 saturated heterocycles. The highest BCUT2D eigenvalue weighted by Crippen LogP contribution is 2.34. The molecule has 11 heteroatoms. The maximum Gasteiger partial charge on any atom is 0.291 e. The first-order valence-corrected chi connectivity index (χ1v) is 11.1. The fraction of sp³-hybridized carbons (Fsp3) is 0.0417. The summed E-state index contributed by atoms with van der Waals surface area (Å²) in [6.45, 7) is 0.0889. The van der Waals surface area contributed by atoms with Gasteiger partial charge in [-0.1, -0.05) is 34.8 Å². The maximum atomic E-state index is 12.7. The van der Waals surface area contributed by atoms with Crippen molar-refractivity contribution in [1.29, 1.82) is 0 Å². The standard InChI is InChI=1S/C24H15Cl3N2O6/c25-14-1-4-18(5-2-14)33-13-19-6-8-23(34-19)24(30)28-16-10-17(29(31)32)12-20(11-16)35-22-7-3-15(26)9-21(22)27/h1-12H,13H2,(H,28,30). The van der Waals surface area contributed by atoms with Gasteiger partial charge in [-0.3, -0.25) is 14.9 Å². The second-order valence-corrected chi connectivity index (χ2v) is 8.39. The second kappa shape index (κ2) is 10.7. The fourth-order valence-corrected chi connectivity index (χ4v) is 3.53. The van der Waals surface area contributed by atoms with E-state index in [1.54, 1.807) is 36.4 Å². The molecule has 1 amide bonds. The summed E-state index contributed by atoms with van der Waals surface area (Å²) in [5.41, 5.74) is -0.168. The van der Waals surface area contributed by atoms with Crippen molar-refractivity contribution < 1.29 is 23.6 Å². The number of anilines is 1. The number of carbonyl (C=O) groups excluding carboxylic acids is 1. The molecule has 1 N–H and O–H groups in total. The molecule has 0 spiro atoms. The van der Waals surface area contributed by atoms with E-state index in [9.17, 15) is 14.9 Å². The van der Waals surface area contributed by atoms with Crippen molar-refractivity contribution in [3.63, 3.8) is 0 Å². The first kappa shape index (κ1) is 24.4. The number of hydrogen-bond acceptors (Lipinski definition) is 6. The van der Waals surface area contributed by atoms with Gasteiger partial charge in [0.2, 0.25) is 0 Å². The number of hydrogen-bond donors (Lipinski definition) is 1. The van der Waals surface area contributed by atoms with Crippen LogP contribution in [0.3, 0.4) is 0 Å². The molecule has 1 heterocycles. The van der Waals surface area contributed by atoms with Crippen LogP contribution in [0.5, 0.6) is 17.2 Å². The van der Waals surface area contributed by atoms with Crippen molar-refractivity contribution in [2.24, 2.45) is 0 Å². The number of nitro benzene ring substituents is 1. The van der Waals surface area contributed by atoms with E-state index in [2.05, 4.69) is 5.32 Å². The van der Waals surface area contributed by atoms with E-state index in [0.717, 1.165) is 0 Å². The molecule has 0 unspecified atom stereocenters. The van der Waals surface area contributed by atoms with Crippen molar-refractivity contribution in [1.82, 2.24) is 0 Å². The van der Waals surface area contributed by atoms with Gasteiger partial charge in [0.05, 0.1) is 21.7 Å². The van der Waals surface area contributed by atoms with Gasteiger partial charge in [-0.15, -0.1) is 0 Å². The van der Waals surface area contributed by atoms with Gasteiger partial charge in [-0.25, -0.2) is 0 Å². The molecule has 178 valence electrons. The Hall–Kier alpha value is -3.72. The van der Waals surface area contributed by atoms with Gasteiger partial charge in [0.25, 0.3) is 11.6 Å². The van der Waals surface area contributed by atoms with Crippen LogP contribution >= 0.6 is 34.8 Å². The quantitative estimate of drug-likeness (QED) is 0.183. The Balaban J connectivity index is 1.47. The zero-order valence-corrected chi connectivity index (χ0v) is 19.9. The summed E-state index contributed by atoms with van der Waals surface area (Å²) in [4.78, 5) is 23.5. The second-order valence-electron chi connectivity index (χ2n) is 7.11. The number of halogens is 3. The van der Waals surface area contributed by atoms with E-state index < -0.39 is 10.8 Å². The normalized spacial score (nSPS) is 10.6. The van der Waals surface area contributed by atoms with E-state index in [-0.39, 0.29) is 40.3 Å². The van der Waals surface area contributed by atoms with Crippen LogP contribution in [0.15, 0.2) is 77.2 Å². The Bertz CT molecular complexity index is 1390. The van der Waals surface area contributed by atoms with Crippen molar-refractivity contribution in [3.05, 3.63) is 109 Å². The van der Waals surface area contributed by atoms with Crippen molar-refractivity contribution in [3.8, 4) is 17.2 Å². The first-order chi connectivity index (χ1) is 16.8. The smallest absolute Gasteiger partial charge is 0.291 e. The largest absolute Gasteiger partial charge is 0.486 e. The molecule has 0 bridgehead atoms. The lowest BCUT2D eigenvalue weighted by molar-refractivity contribution is -0.384.